The average Bonchev–Trinajstić information content (AvgIpc) is 3.15. The zero-order valence-corrected chi connectivity index (χ0v) is 19.2. The van der Waals surface area contributed by atoms with Gasteiger partial charge in [-0.25, -0.2) is 0 Å². The Morgan fingerprint density at radius 2 is 2.07 bits per heavy atom. The Morgan fingerprint density at radius 1 is 1.30 bits per heavy atom. The second kappa shape index (κ2) is 11.7. The molecule has 0 spiro atoms. The first-order valence-corrected chi connectivity index (χ1v) is 11.3. The van der Waals surface area contributed by atoms with Gasteiger partial charge < -0.3 is 10.0 Å². The lowest BCUT2D eigenvalue weighted by Gasteiger charge is -2.15. The monoisotopic (exact) mass is 408 g/mol. The zero-order valence-electron chi connectivity index (χ0n) is 19.2. The lowest BCUT2D eigenvalue weighted by atomic mass is 9.92. The molecule has 1 N–H and O–H groups in total. The van der Waals surface area contributed by atoms with Crippen molar-refractivity contribution in [3.8, 4) is 23.7 Å². The summed E-state index contributed by atoms with van der Waals surface area (Å²) in [6, 6.07) is -0.0690. The number of aliphatic hydroxyl groups excluding tert-OH is 1. The Labute approximate surface area is 182 Å². The van der Waals surface area contributed by atoms with E-state index < -0.39 is 0 Å². The molecule has 0 aromatic carbocycles. The minimum Gasteiger partial charge on any atom is -0.509 e. The van der Waals surface area contributed by atoms with Crippen LogP contribution in [-0.4, -0.2) is 40.8 Å². The van der Waals surface area contributed by atoms with Crippen molar-refractivity contribution in [3.63, 3.8) is 0 Å². The van der Waals surface area contributed by atoms with E-state index in [9.17, 15) is 9.90 Å². The van der Waals surface area contributed by atoms with Gasteiger partial charge in [0.2, 0.25) is 0 Å². The number of aliphatic imine (C=N–C) groups is 1. The second-order valence-corrected chi connectivity index (χ2v) is 8.66. The van der Waals surface area contributed by atoms with Crippen molar-refractivity contribution in [2.24, 2.45) is 16.8 Å². The van der Waals surface area contributed by atoms with Crippen LogP contribution in [0.3, 0.4) is 0 Å². The fourth-order valence-electron chi connectivity index (χ4n) is 4.02. The molecule has 2 aliphatic rings. The molecule has 0 fully saturated rings. The van der Waals surface area contributed by atoms with Gasteiger partial charge in [-0.1, -0.05) is 51.5 Å². The third-order valence-electron chi connectivity index (χ3n) is 5.98. The van der Waals surface area contributed by atoms with E-state index in [0.29, 0.717) is 11.5 Å². The van der Waals surface area contributed by atoms with Crippen LogP contribution in [-0.2, 0) is 4.79 Å². The fraction of sp³-hybridized carbons (Fsp3) is 0.615. The number of hydrogen-bond acceptors (Lipinski definition) is 3. The lowest BCUT2D eigenvalue weighted by molar-refractivity contribution is -0.125. The third kappa shape index (κ3) is 6.27. The number of carbonyl (C=O) groups excluding carboxylic acids is 1. The minimum absolute atomic E-state index is 0.116. The van der Waals surface area contributed by atoms with Crippen molar-refractivity contribution in [2.75, 3.05) is 7.05 Å². The van der Waals surface area contributed by atoms with Gasteiger partial charge in [-0.3, -0.25) is 9.79 Å². The number of aliphatic hydroxyl groups is 1. The largest absolute Gasteiger partial charge is 0.509 e. The van der Waals surface area contributed by atoms with Crippen LogP contribution in [0.25, 0.3) is 0 Å². The first-order chi connectivity index (χ1) is 14.4. The summed E-state index contributed by atoms with van der Waals surface area (Å²) in [7, 11) is 1.73. The van der Waals surface area contributed by atoms with Crippen molar-refractivity contribution in [2.45, 2.75) is 84.7 Å². The SMILES string of the molecule is CCCCCC#CC#C/C=C/CC(C)C[C@H]1C[C@@H](C)C(C2=C(O)C(C)N(C)C2=O)=N1. The molecular weight excluding hydrogens is 372 g/mol. The highest BCUT2D eigenvalue weighted by atomic mass is 16.3. The summed E-state index contributed by atoms with van der Waals surface area (Å²) >= 11 is 0. The topological polar surface area (TPSA) is 52.9 Å². The van der Waals surface area contributed by atoms with Crippen LogP contribution in [0.1, 0.15) is 72.6 Å². The third-order valence-corrected chi connectivity index (χ3v) is 5.98. The molecule has 2 aliphatic heterocycles. The molecule has 0 aromatic rings. The van der Waals surface area contributed by atoms with Crippen LogP contribution >= 0.6 is 0 Å². The number of allylic oxidation sites excluding steroid dienone is 2. The van der Waals surface area contributed by atoms with Gasteiger partial charge in [0.05, 0.1) is 17.8 Å². The Balaban J connectivity index is 1.84. The molecule has 2 unspecified atom stereocenters. The van der Waals surface area contributed by atoms with Gasteiger partial charge in [0.15, 0.2) is 0 Å². The maximum atomic E-state index is 12.5. The van der Waals surface area contributed by atoms with E-state index in [0.717, 1.165) is 37.8 Å². The summed E-state index contributed by atoms with van der Waals surface area (Å²) in [4.78, 5) is 18.9. The van der Waals surface area contributed by atoms with E-state index in [1.54, 1.807) is 11.9 Å². The molecule has 30 heavy (non-hydrogen) atoms. The zero-order chi connectivity index (χ0) is 22.1. The van der Waals surface area contributed by atoms with E-state index in [1.165, 1.54) is 12.8 Å². The summed E-state index contributed by atoms with van der Waals surface area (Å²) in [5.41, 5.74) is 1.21. The first kappa shape index (κ1) is 23.8. The van der Waals surface area contributed by atoms with Gasteiger partial charge in [0.1, 0.15) is 11.3 Å². The number of carbonyl (C=O) groups is 1. The molecule has 0 saturated heterocycles. The number of rotatable bonds is 8. The molecule has 0 saturated carbocycles. The molecule has 1 amide bonds. The molecule has 2 heterocycles. The summed E-state index contributed by atoms with van der Waals surface area (Å²) in [6.07, 6.45) is 11.4. The van der Waals surface area contributed by atoms with E-state index in [4.69, 9.17) is 4.99 Å². The summed E-state index contributed by atoms with van der Waals surface area (Å²) in [5.74, 6) is 12.6. The maximum Gasteiger partial charge on any atom is 0.259 e. The Kier molecular flexibility index (Phi) is 9.25. The summed E-state index contributed by atoms with van der Waals surface area (Å²) in [6.45, 7) is 8.35. The summed E-state index contributed by atoms with van der Waals surface area (Å²) in [5, 5.41) is 10.4. The van der Waals surface area contributed by atoms with Crippen LogP contribution in [0.4, 0.5) is 0 Å². The molecule has 0 aromatic heterocycles. The van der Waals surface area contributed by atoms with E-state index in [-0.39, 0.29) is 29.7 Å². The van der Waals surface area contributed by atoms with Gasteiger partial charge in [-0.05, 0) is 56.4 Å². The van der Waals surface area contributed by atoms with Crippen molar-refractivity contribution < 1.29 is 9.90 Å². The van der Waals surface area contributed by atoms with Crippen LogP contribution in [0.2, 0.25) is 0 Å². The van der Waals surface area contributed by atoms with E-state index in [1.807, 2.05) is 13.0 Å². The quantitative estimate of drug-likeness (QED) is 0.450. The normalized spacial score (nSPS) is 24.6. The van der Waals surface area contributed by atoms with Crippen LogP contribution in [0.15, 0.2) is 28.5 Å². The van der Waals surface area contributed by atoms with Crippen molar-refractivity contribution in [1.82, 2.24) is 4.90 Å². The Bertz CT molecular complexity index is 829. The Morgan fingerprint density at radius 3 is 2.73 bits per heavy atom. The van der Waals surface area contributed by atoms with Gasteiger partial charge in [0.25, 0.3) is 5.91 Å². The maximum absolute atomic E-state index is 12.5. The predicted octanol–water partition coefficient (Wildman–Crippen LogP) is 5.07. The van der Waals surface area contributed by atoms with Gasteiger partial charge in [-0.2, -0.15) is 0 Å². The highest BCUT2D eigenvalue weighted by Gasteiger charge is 2.40. The Hall–Kier alpha value is -2.46. The molecule has 162 valence electrons. The molecular formula is C26H36N2O2. The lowest BCUT2D eigenvalue weighted by Crippen LogP contribution is -2.30. The van der Waals surface area contributed by atoms with Gasteiger partial charge >= 0.3 is 0 Å². The number of nitrogens with zero attached hydrogens (tertiary/aromatic N) is 2. The highest BCUT2D eigenvalue weighted by molar-refractivity contribution is 6.24. The number of hydrogen-bond donors (Lipinski definition) is 1. The van der Waals surface area contributed by atoms with Crippen LogP contribution < -0.4 is 0 Å². The first-order valence-electron chi connectivity index (χ1n) is 11.3. The molecule has 4 nitrogen and oxygen atoms in total. The average molecular weight is 409 g/mol. The second-order valence-electron chi connectivity index (χ2n) is 8.66. The molecule has 4 atom stereocenters. The van der Waals surface area contributed by atoms with Crippen molar-refractivity contribution >= 4 is 11.6 Å². The number of amides is 1. The molecule has 0 bridgehead atoms. The minimum atomic E-state index is -0.271. The van der Waals surface area contributed by atoms with Crippen LogP contribution in [0, 0.1) is 35.5 Å². The number of likely N-dealkylation sites (N-methyl/N-ethyl adjacent to an activating group) is 1. The summed E-state index contributed by atoms with van der Waals surface area (Å²) < 4.78 is 0. The molecule has 0 radical (unpaired) electrons. The number of unbranched alkanes of at least 4 members (excludes halogenated alkanes) is 3. The fourth-order valence-corrected chi connectivity index (χ4v) is 4.02. The van der Waals surface area contributed by atoms with E-state index in [2.05, 4.69) is 50.5 Å². The molecule has 4 heteroatoms. The predicted molar refractivity (Wildman–Crippen MR) is 124 cm³/mol. The smallest absolute Gasteiger partial charge is 0.259 e. The standard InChI is InChI=1S/C26H36N2O2/c1-6-7-8-9-10-11-12-13-14-15-16-19(2)17-22-18-20(3)24(27-22)23-25(29)21(4)28(5)26(23)30/h14-15,19-22,29H,6-9,16-18H2,1-5H3/b15-14+/t19?,20-,21?,22+/m1/s1. The van der Waals surface area contributed by atoms with Gasteiger partial charge in [0, 0.05) is 19.4 Å². The van der Waals surface area contributed by atoms with Gasteiger partial charge in [-0.15, -0.1) is 0 Å². The molecule has 2 rings (SSSR count). The van der Waals surface area contributed by atoms with Crippen molar-refractivity contribution in [3.05, 3.63) is 23.5 Å². The van der Waals surface area contributed by atoms with Crippen LogP contribution in [0.5, 0.6) is 0 Å². The van der Waals surface area contributed by atoms with E-state index >= 15 is 0 Å². The van der Waals surface area contributed by atoms with Crippen molar-refractivity contribution in [1.29, 1.82) is 0 Å². The highest BCUT2D eigenvalue weighted by Crippen LogP contribution is 2.33. The molecule has 0 aliphatic carbocycles.